The van der Waals surface area contributed by atoms with Gasteiger partial charge in [-0.05, 0) is 36.1 Å². The van der Waals surface area contributed by atoms with E-state index in [9.17, 15) is 9.59 Å². The second kappa shape index (κ2) is 10.7. The Labute approximate surface area is 188 Å². The number of rotatable bonds is 6. The second-order valence-electron chi connectivity index (χ2n) is 8.06. The van der Waals surface area contributed by atoms with Gasteiger partial charge >= 0.3 is 0 Å². The Bertz CT molecular complexity index is 1030. The van der Waals surface area contributed by atoms with Crippen molar-refractivity contribution in [3.05, 3.63) is 82.5 Å². The third-order valence-corrected chi connectivity index (χ3v) is 5.52. The van der Waals surface area contributed by atoms with Gasteiger partial charge in [0.2, 0.25) is 6.41 Å². The predicted molar refractivity (Wildman–Crippen MR) is 124 cm³/mol. The number of hydrogen-bond acceptors (Lipinski definition) is 4. The van der Waals surface area contributed by atoms with E-state index in [4.69, 9.17) is 4.74 Å². The van der Waals surface area contributed by atoms with Gasteiger partial charge in [-0.15, -0.1) is 0 Å². The van der Waals surface area contributed by atoms with Gasteiger partial charge in [-0.3, -0.25) is 14.7 Å². The van der Waals surface area contributed by atoms with Gasteiger partial charge in [0.1, 0.15) is 0 Å². The van der Waals surface area contributed by atoms with Crippen LogP contribution in [-0.2, 0) is 22.6 Å². The van der Waals surface area contributed by atoms with E-state index in [2.05, 4.69) is 41.5 Å². The van der Waals surface area contributed by atoms with Crippen molar-refractivity contribution in [3.8, 4) is 0 Å². The highest BCUT2D eigenvalue weighted by molar-refractivity contribution is 6.04. The summed E-state index contributed by atoms with van der Waals surface area (Å²) in [6.45, 7) is 7.24. The van der Waals surface area contributed by atoms with Crippen molar-refractivity contribution in [3.63, 3.8) is 0 Å². The first-order valence-electron chi connectivity index (χ1n) is 10.7. The molecule has 2 aromatic carbocycles. The molecule has 2 heterocycles. The van der Waals surface area contributed by atoms with Crippen molar-refractivity contribution in [2.75, 3.05) is 12.4 Å². The van der Waals surface area contributed by atoms with E-state index in [1.165, 1.54) is 11.1 Å². The van der Waals surface area contributed by atoms with E-state index in [0.717, 1.165) is 17.7 Å². The number of nitrogens with one attached hydrogen (secondary N) is 2. The average molecular weight is 435 g/mol. The lowest BCUT2D eigenvalue weighted by Crippen LogP contribution is -2.16. The van der Waals surface area contributed by atoms with Gasteiger partial charge in [0, 0.05) is 18.2 Å². The van der Waals surface area contributed by atoms with Crippen LogP contribution in [0.25, 0.3) is 0 Å². The Morgan fingerprint density at radius 2 is 1.75 bits per heavy atom. The molecule has 0 unspecified atom stereocenters. The van der Waals surface area contributed by atoms with Gasteiger partial charge in [0.25, 0.3) is 5.91 Å². The molecule has 0 bridgehead atoms. The molecule has 1 aliphatic heterocycles. The molecule has 0 saturated carbocycles. The molecular formula is C25H30N4O3. The van der Waals surface area contributed by atoms with Crippen LogP contribution in [-0.4, -0.2) is 34.5 Å². The summed E-state index contributed by atoms with van der Waals surface area (Å²) in [5.41, 5.74) is 4.76. The minimum atomic E-state index is -0.200. The highest BCUT2D eigenvalue weighted by Gasteiger charge is 2.24. The molecule has 7 nitrogen and oxygen atoms in total. The van der Waals surface area contributed by atoms with E-state index >= 15 is 0 Å². The molecule has 4 rings (SSSR count). The molecule has 32 heavy (non-hydrogen) atoms. The van der Waals surface area contributed by atoms with E-state index < -0.39 is 0 Å². The first-order chi connectivity index (χ1) is 15.4. The van der Waals surface area contributed by atoms with Crippen molar-refractivity contribution in [1.82, 2.24) is 15.1 Å². The van der Waals surface area contributed by atoms with Crippen LogP contribution < -0.4 is 5.32 Å². The van der Waals surface area contributed by atoms with Crippen LogP contribution in [0.5, 0.6) is 0 Å². The maximum absolute atomic E-state index is 12.3. The predicted octanol–water partition coefficient (Wildman–Crippen LogP) is 4.65. The smallest absolute Gasteiger partial charge is 0.256 e. The molecular weight excluding hydrogens is 404 g/mol. The molecule has 7 heteroatoms. The number of methoxy groups -OCH3 is 1. The Kier molecular flexibility index (Phi) is 7.78. The maximum atomic E-state index is 12.3. The number of benzene rings is 2. The van der Waals surface area contributed by atoms with Gasteiger partial charge in [0.15, 0.2) is 5.82 Å². The maximum Gasteiger partial charge on any atom is 0.256 e. The Hall–Kier alpha value is -3.45. The standard InChI is InChI=1S/C16H18N4O2.C9H12O/c1-10(2)11-3-5-12(6-4-11)16(22)17-15-13-7-20(9-21)8-14(13)18-19-15;1-8(10-2)9-6-4-3-5-7-9/h3-6,9-10H,7-8H2,1-2H3,(H2,17,18,19,22);3-8H,1-2H3/t;8-/m.0/s1. The normalized spacial score (nSPS) is 13.2. The largest absolute Gasteiger partial charge is 0.377 e. The summed E-state index contributed by atoms with van der Waals surface area (Å²) in [7, 11) is 1.72. The highest BCUT2D eigenvalue weighted by atomic mass is 16.5. The number of anilines is 1. The van der Waals surface area contributed by atoms with Crippen molar-refractivity contribution in [2.45, 2.75) is 45.9 Å². The highest BCUT2D eigenvalue weighted by Crippen LogP contribution is 2.26. The van der Waals surface area contributed by atoms with Gasteiger partial charge in [-0.1, -0.05) is 56.3 Å². The second-order valence-corrected chi connectivity index (χ2v) is 8.06. The zero-order chi connectivity index (χ0) is 23.1. The minimum absolute atomic E-state index is 0.200. The molecule has 0 spiro atoms. The fourth-order valence-electron chi connectivity index (χ4n) is 3.40. The van der Waals surface area contributed by atoms with Crippen LogP contribution in [0.15, 0.2) is 54.6 Å². The first-order valence-corrected chi connectivity index (χ1v) is 10.7. The van der Waals surface area contributed by atoms with Crippen LogP contribution in [0.3, 0.4) is 0 Å². The number of nitrogens with zero attached hydrogens (tertiary/aromatic N) is 2. The fraction of sp³-hybridized carbons (Fsp3) is 0.320. The number of aromatic nitrogens is 2. The molecule has 3 aromatic rings. The third-order valence-electron chi connectivity index (χ3n) is 5.52. The molecule has 168 valence electrons. The molecule has 2 N–H and O–H groups in total. The number of hydrogen-bond donors (Lipinski definition) is 2. The molecule has 1 atom stereocenters. The van der Waals surface area contributed by atoms with Crippen LogP contribution in [0.2, 0.25) is 0 Å². The zero-order valence-electron chi connectivity index (χ0n) is 19.0. The lowest BCUT2D eigenvalue weighted by Gasteiger charge is -2.09. The van der Waals surface area contributed by atoms with Gasteiger partial charge in [-0.2, -0.15) is 5.10 Å². The van der Waals surface area contributed by atoms with Gasteiger partial charge in [-0.25, -0.2) is 0 Å². The lowest BCUT2D eigenvalue weighted by molar-refractivity contribution is -0.118. The van der Waals surface area contributed by atoms with Crippen molar-refractivity contribution >= 4 is 18.1 Å². The molecule has 1 aromatic heterocycles. The van der Waals surface area contributed by atoms with E-state index in [0.29, 0.717) is 30.4 Å². The van der Waals surface area contributed by atoms with Crippen LogP contribution >= 0.6 is 0 Å². The molecule has 0 aliphatic carbocycles. The average Bonchev–Trinajstić information content (AvgIpc) is 3.41. The summed E-state index contributed by atoms with van der Waals surface area (Å²) in [5.74, 6) is 0.729. The lowest BCUT2D eigenvalue weighted by atomic mass is 10.0. The topological polar surface area (TPSA) is 87.3 Å². The van der Waals surface area contributed by atoms with Crippen molar-refractivity contribution in [1.29, 1.82) is 0 Å². The number of H-pyrrole nitrogens is 1. The molecule has 0 radical (unpaired) electrons. The number of ether oxygens (including phenoxy) is 1. The van der Waals surface area contributed by atoms with Crippen LogP contribution in [0, 0.1) is 0 Å². The monoisotopic (exact) mass is 434 g/mol. The first kappa shape index (κ1) is 23.2. The number of aromatic amines is 1. The summed E-state index contributed by atoms with van der Waals surface area (Å²) >= 11 is 0. The minimum Gasteiger partial charge on any atom is -0.377 e. The molecule has 0 fully saturated rings. The summed E-state index contributed by atoms with van der Waals surface area (Å²) in [5, 5.41) is 9.79. The summed E-state index contributed by atoms with van der Waals surface area (Å²) in [4.78, 5) is 24.7. The summed E-state index contributed by atoms with van der Waals surface area (Å²) in [6.07, 6.45) is 1.01. The Morgan fingerprint density at radius 1 is 1.06 bits per heavy atom. The van der Waals surface area contributed by atoms with E-state index in [-0.39, 0.29) is 12.0 Å². The van der Waals surface area contributed by atoms with E-state index in [1.807, 2.05) is 49.4 Å². The van der Waals surface area contributed by atoms with Crippen molar-refractivity contribution in [2.24, 2.45) is 0 Å². The fourth-order valence-corrected chi connectivity index (χ4v) is 3.40. The molecule has 0 saturated heterocycles. The SMILES string of the molecule is CC(C)c1ccc(C(=O)Nc2n[nH]c3c2CN(C=O)C3)cc1.CO[C@@H](C)c1ccccc1. The Balaban J connectivity index is 0.000000243. The van der Waals surface area contributed by atoms with Crippen LogP contribution in [0.1, 0.15) is 65.5 Å². The van der Waals surface area contributed by atoms with E-state index in [1.54, 1.807) is 12.0 Å². The third kappa shape index (κ3) is 5.62. The molecule has 2 amide bonds. The summed E-state index contributed by atoms with van der Waals surface area (Å²) < 4.78 is 5.14. The van der Waals surface area contributed by atoms with Gasteiger partial charge < -0.3 is 15.0 Å². The number of fused-ring (bicyclic) bond motifs is 1. The summed E-state index contributed by atoms with van der Waals surface area (Å²) in [6, 6.07) is 17.7. The van der Waals surface area contributed by atoms with Crippen LogP contribution in [0.4, 0.5) is 5.82 Å². The number of amides is 2. The van der Waals surface area contributed by atoms with Gasteiger partial charge in [0.05, 0.1) is 24.9 Å². The Morgan fingerprint density at radius 3 is 2.34 bits per heavy atom. The zero-order valence-corrected chi connectivity index (χ0v) is 19.0. The van der Waals surface area contributed by atoms with Crippen molar-refractivity contribution < 1.29 is 14.3 Å². The molecule has 1 aliphatic rings. The quantitative estimate of drug-likeness (QED) is 0.553. The number of carbonyl (C=O) groups excluding carboxylic acids is 2. The number of carbonyl (C=O) groups is 2.